The SMILES string of the molecule is C#Cc1cc(C(F)(F)F)ccc1C#N. The van der Waals surface area contributed by atoms with Crippen molar-refractivity contribution in [3.8, 4) is 18.4 Å². The smallest absolute Gasteiger partial charge is 0.192 e. The summed E-state index contributed by atoms with van der Waals surface area (Å²) in [6.45, 7) is 0. The Morgan fingerprint density at radius 2 is 1.86 bits per heavy atom. The van der Waals surface area contributed by atoms with Gasteiger partial charge in [0, 0.05) is 5.56 Å². The van der Waals surface area contributed by atoms with Crippen molar-refractivity contribution >= 4 is 0 Å². The predicted molar refractivity (Wildman–Crippen MR) is 44.1 cm³/mol. The summed E-state index contributed by atoms with van der Waals surface area (Å²) in [5, 5.41) is 8.52. The fourth-order valence-electron chi connectivity index (χ4n) is 0.937. The van der Waals surface area contributed by atoms with E-state index in [4.69, 9.17) is 11.7 Å². The highest BCUT2D eigenvalue weighted by molar-refractivity contribution is 5.49. The first-order valence-electron chi connectivity index (χ1n) is 3.57. The number of nitrogens with zero attached hydrogens (tertiary/aromatic N) is 1. The minimum absolute atomic E-state index is 0.0395. The lowest BCUT2D eigenvalue weighted by atomic mass is 10.1. The molecule has 14 heavy (non-hydrogen) atoms. The van der Waals surface area contributed by atoms with Crippen molar-refractivity contribution in [2.24, 2.45) is 0 Å². The van der Waals surface area contributed by atoms with Gasteiger partial charge in [-0.1, -0.05) is 5.92 Å². The molecule has 0 bridgehead atoms. The highest BCUT2D eigenvalue weighted by Gasteiger charge is 2.30. The topological polar surface area (TPSA) is 23.8 Å². The van der Waals surface area contributed by atoms with Gasteiger partial charge in [-0.05, 0) is 18.2 Å². The van der Waals surface area contributed by atoms with Crippen molar-refractivity contribution in [1.29, 1.82) is 5.26 Å². The number of rotatable bonds is 0. The van der Waals surface area contributed by atoms with Crippen molar-refractivity contribution in [2.75, 3.05) is 0 Å². The molecule has 0 amide bonds. The monoisotopic (exact) mass is 195 g/mol. The number of terminal acetylenes is 1. The molecule has 0 unspecified atom stereocenters. The van der Waals surface area contributed by atoms with Crippen LogP contribution in [0.2, 0.25) is 0 Å². The zero-order valence-corrected chi connectivity index (χ0v) is 6.89. The van der Waals surface area contributed by atoms with E-state index in [1.165, 1.54) is 0 Å². The molecular weight excluding hydrogens is 191 g/mol. The van der Waals surface area contributed by atoms with Crippen molar-refractivity contribution in [2.45, 2.75) is 6.18 Å². The van der Waals surface area contributed by atoms with Crippen LogP contribution in [0, 0.1) is 23.7 Å². The maximum absolute atomic E-state index is 12.2. The second kappa shape index (κ2) is 3.43. The number of halogens is 3. The number of hydrogen-bond donors (Lipinski definition) is 0. The van der Waals surface area contributed by atoms with Crippen LogP contribution in [0.1, 0.15) is 16.7 Å². The van der Waals surface area contributed by atoms with E-state index >= 15 is 0 Å². The highest BCUT2D eigenvalue weighted by atomic mass is 19.4. The maximum Gasteiger partial charge on any atom is 0.416 e. The molecule has 0 fully saturated rings. The van der Waals surface area contributed by atoms with E-state index < -0.39 is 11.7 Å². The van der Waals surface area contributed by atoms with Gasteiger partial charge in [0.1, 0.15) is 6.07 Å². The molecule has 0 heterocycles. The van der Waals surface area contributed by atoms with Crippen LogP contribution < -0.4 is 0 Å². The number of hydrogen-bond acceptors (Lipinski definition) is 1. The van der Waals surface area contributed by atoms with Crippen LogP contribution in [-0.4, -0.2) is 0 Å². The largest absolute Gasteiger partial charge is 0.416 e. The lowest BCUT2D eigenvalue weighted by Gasteiger charge is -2.06. The summed E-state index contributed by atoms with van der Waals surface area (Å²) in [5.74, 6) is 2.04. The Labute approximate surface area is 78.8 Å². The molecule has 1 aromatic carbocycles. The minimum Gasteiger partial charge on any atom is -0.192 e. The van der Waals surface area contributed by atoms with Crippen molar-refractivity contribution in [3.05, 3.63) is 34.9 Å². The standard InChI is InChI=1S/C10H4F3N/c1-2-7-5-9(10(11,12)13)4-3-8(7)6-14/h1,3-5H. The van der Waals surface area contributed by atoms with Gasteiger partial charge in [-0.2, -0.15) is 18.4 Å². The minimum atomic E-state index is -4.43. The van der Waals surface area contributed by atoms with Gasteiger partial charge in [0.05, 0.1) is 11.1 Å². The van der Waals surface area contributed by atoms with E-state index in [2.05, 4.69) is 0 Å². The van der Waals surface area contributed by atoms with Crippen LogP contribution in [0.4, 0.5) is 13.2 Å². The normalized spacial score (nSPS) is 10.4. The second-order valence-corrected chi connectivity index (χ2v) is 2.51. The van der Waals surface area contributed by atoms with E-state index in [0.717, 1.165) is 18.2 Å². The quantitative estimate of drug-likeness (QED) is 0.583. The highest BCUT2D eigenvalue weighted by Crippen LogP contribution is 2.30. The first kappa shape index (κ1) is 10.1. The molecule has 0 aromatic heterocycles. The molecule has 0 spiro atoms. The van der Waals surface area contributed by atoms with Gasteiger partial charge in [-0.15, -0.1) is 6.42 Å². The van der Waals surface area contributed by atoms with E-state index in [9.17, 15) is 13.2 Å². The Bertz CT molecular complexity index is 432. The fourth-order valence-corrected chi connectivity index (χ4v) is 0.937. The molecule has 0 aliphatic carbocycles. The molecule has 0 aliphatic heterocycles. The predicted octanol–water partition coefficient (Wildman–Crippen LogP) is 2.56. The van der Waals surface area contributed by atoms with Crippen LogP contribution in [0.3, 0.4) is 0 Å². The lowest BCUT2D eigenvalue weighted by molar-refractivity contribution is -0.137. The summed E-state index contributed by atoms with van der Waals surface area (Å²) in [6.07, 6.45) is 0.539. The summed E-state index contributed by atoms with van der Waals surface area (Å²) >= 11 is 0. The summed E-state index contributed by atoms with van der Waals surface area (Å²) in [4.78, 5) is 0. The van der Waals surface area contributed by atoms with Crippen LogP contribution in [0.25, 0.3) is 0 Å². The Balaban J connectivity index is 3.32. The summed E-state index contributed by atoms with van der Waals surface area (Å²) in [6, 6.07) is 4.41. The molecule has 0 radical (unpaired) electrons. The van der Waals surface area contributed by atoms with E-state index in [-0.39, 0.29) is 11.1 Å². The third-order valence-electron chi connectivity index (χ3n) is 1.62. The van der Waals surface area contributed by atoms with Gasteiger partial charge in [0.15, 0.2) is 0 Å². The average Bonchev–Trinajstić information content (AvgIpc) is 2.15. The van der Waals surface area contributed by atoms with Gasteiger partial charge < -0.3 is 0 Å². The van der Waals surface area contributed by atoms with E-state index in [1.807, 2.05) is 5.92 Å². The third kappa shape index (κ3) is 1.86. The zero-order valence-electron chi connectivity index (χ0n) is 6.89. The van der Waals surface area contributed by atoms with Crippen LogP contribution >= 0.6 is 0 Å². The molecule has 0 atom stereocenters. The Kier molecular flexibility index (Phi) is 2.49. The Morgan fingerprint density at radius 1 is 1.21 bits per heavy atom. The van der Waals surface area contributed by atoms with Crippen LogP contribution in [-0.2, 0) is 6.18 Å². The summed E-state index contributed by atoms with van der Waals surface area (Å²) in [7, 11) is 0. The van der Waals surface area contributed by atoms with Gasteiger partial charge >= 0.3 is 6.18 Å². The average molecular weight is 195 g/mol. The molecule has 4 heteroatoms. The van der Waals surface area contributed by atoms with E-state index in [1.54, 1.807) is 6.07 Å². The van der Waals surface area contributed by atoms with Gasteiger partial charge in [0.2, 0.25) is 0 Å². The molecule has 1 aromatic rings. The van der Waals surface area contributed by atoms with Gasteiger partial charge in [0.25, 0.3) is 0 Å². The van der Waals surface area contributed by atoms with Crippen molar-refractivity contribution < 1.29 is 13.2 Å². The summed E-state index contributed by atoms with van der Waals surface area (Å²) < 4.78 is 36.6. The van der Waals surface area contributed by atoms with E-state index in [0.29, 0.717) is 0 Å². The van der Waals surface area contributed by atoms with Crippen molar-refractivity contribution in [1.82, 2.24) is 0 Å². The molecule has 0 aliphatic rings. The third-order valence-corrected chi connectivity index (χ3v) is 1.62. The molecule has 70 valence electrons. The molecule has 0 saturated carbocycles. The lowest BCUT2D eigenvalue weighted by Crippen LogP contribution is -2.05. The zero-order chi connectivity index (χ0) is 10.8. The van der Waals surface area contributed by atoms with Crippen molar-refractivity contribution in [3.63, 3.8) is 0 Å². The maximum atomic E-state index is 12.2. The van der Waals surface area contributed by atoms with Crippen LogP contribution in [0.15, 0.2) is 18.2 Å². The number of benzene rings is 1. The first-order chi connectivity index (χ1) is 6.49. The molecule has 1 nitrogen and oxygen atoms in total. The number of alkyl halides is 3. The number of nitriles is 1. The molecule has 0 N–H and O–H groups in total. The van der Waals surface area contributed by atoms with Gasteiger partial charge in [-0.3, -0.25) is 0 Å². The Hall–Kier alpha value is -1.94. The summed E-state index contributed by atoms with van der Waals surface area (Å²) in [5.41, 5.74) is -0.813. The second-order valence-electron chi connectivity index (χ2n) is 2.51. The molecular formula is C10H4F3N. The molecule has 0 saturated heterocycles. The first-order valence-corrected chi connectivity index (χ1v) is 3.57. The fraction of sp³-hybridized carbons (Fsp3) is 0.100. The molecule has 1 rings (SSSR count). The van der Waals surface area contributed by atoms with Gasteiger partial charge in [-0.25, -0.2) is 0 Å². The van der Waals surface area contributed by atoms with Crippen LogP contribution in [0.5, 0.6) is 0 Å². The Morgan fingerprint density at radius 3 is 2.29 bits per heavy atom.